The summed E-state index contributed by atoms with van der Waals surface area (Å²) in [5.74, 6) is -1.18. The lowest BCUT2D eigenvalue weighted by molar-refractivity contribution is -0.293. The molecule has 10 N–H and O–H groups in total. The third-order valence-electron chi connectivity index (χ3n) is 10.5. The number of nitrogens with one attached hydrogen (secondary N) is 6. The van der Waals surface area contributed by atoms with Crippen LogP contribution in [0.3, 0.4) is 0 Å². The van der Waals surface area contributed by atoms with Gasteiger partial charge in [0.15, 0.2) is 6.29 Å². The quantitative estimate of drug-likeness (QED) is 0.0718. The van der Waals surface area contributed by atoms with E-state index in [1.165, 1.54) is 6.07 Å². The number of benzene rings is 2. The first-order chi connectivity index (χ1) is 30.3. The van der Waals surface area contributed by atoms with Gasteiger partial charge in [-0.25, -0.2) is 9.59 Å². The van der Waals surface area contributed by atoms with Crippen molar-refractivity contribution in [2.45, 2.75) is 139 Å². The molecule has 0 aliphatic carbocycles. The Kier molecular flexibility index (Phi) is 19.4. The highest BCUT2D eigenvalue weighted by Gasteiger charge is 2.51. The molecule has 10 atom stereocenters. The maximum Gasteiger partial charge on any atom is 0.416 e. The van der Waals surface area contributed by atoms with E-state index in [0.717, 1.165) is 56.0 Å². The van der Waals surface area contributed by atoms with Crippen molar-refractivity contribution in [1.82, 2.24) is 21.3 Å². The maximum atomic E-state index is 14.0. The van der Waals surface area contributed by atoms with E-state index in [4.69, 9.17) is 14.2 Å². The molecule has 7 unspecified atom stereocenters. The zero-order chi connectivity index (χ0) is 47.2. The molecule has 0 saturated carbocycles. The topological polar surface area (TPSA) is 249 Å². The lowest BCUT2D eigenvalue weighted by Gasteiger charge is -2.47. The SMILES string of the molecule is CCCCCCCC(=O)NC(CCC)C(=O)N[C@H]1C(CO)OCC(NC(=O)Nc2cccc(C(F)(F)F)c2)C1O[C@@H]1OC(CO)[C@@H](O)C(O)C1NC(=O)Nc1cccc(C(F)(F)F)c1. The molecule has 64 heavy (non-hydrogen) atoms. The van der Waals surface area contributed by atoms with Crippen LogP contribution in [0.25, 0.3) is 0 Å². The Morgan fingerprint density at radius 2 is 1.33 bits per heavy atom. The highest BCUT2D eigenvalue weighted by Crippen LogP contribution is 2.33. The number of urea groups is 2. The summed E-state index contributed by atoms with van der Waals surface area (Å²) < 4.78 is 98.4. The monoisotopic (exact) mass is 922 g/mol. The van der Waals surface area contributed by atoms with Gasteiger partial charge in [-0.05, 0) is 49.2 Å². The molecule has 2 aliphatic heterocycles. The number of ether oxygens (including phenoxy) is 3. The number of amides is 6. The summed E-state index contributed by atoms with van der Waals surface area (Å²) in [6.45, 7) is 1.60. The van der Waals surface area contributed by atoms with E-state index < -0.39 is 128 Å². The summed E-state index contributed by atoms with van der Waals surface area (Å²) in [5.41, 5.74) is -2.78. The van der Waals surface area contributed by atoms with Gasteiger partial charge in [-0.15, -0.1) is 0 Å². The zero-order valence-corrected chi connectivity index (χ0v) is 35.1. The number of anilines is 2. The summed E-state index contributed by atoms with van der Waals surface area (Å²) in [6.07, 6.45) is -14.8. The summed E-state index contributed by atoms with van der Waals surface area (Å²) in [6, 6.07) is -0.898. The van der Waals surface area contributed by atoms with Crippen LogP contribution in [0.5, 0.6) is 0 Å². The Labute approximate surface area is 365 Å². The number of hydrogen-bond donors (Lipinski definition) is 10. The van der Waals surface area contributed by atoms with Crippen molar-refractivity contribution < 1.29 is 80.2 Å². The lowest BCUT2D eigenvalue weighted by Crippen LogP contribution is -2.71. The van der Waals surface area contributed by atoms with Crippen LogP contribution in [-0.2, 0) is 36.2 Å². The predicted octanol–water partition coefficient (Wildman–Crippen LogP) is 3.75. The van der Waals surface area contributed by atoms with Gasteiger partial charge in [0.05, 0.1) is 43.0 Å². The molecular weight excluding hydrogens is 866 g/mol. The fourth-order valence-corrected chi connectivity index (χ4v) is 7.22. The van der Waals surface area contributed by atoms with Crippen molar-refractivity contribution in [1.29, 1.82) is 0 Å². The van der Waals surface area contributed by atoms with Crippen molar-refractivity contribution in [2.24, 2.45) is 0 Å². The molecule has 2 saturated heterocycles. The second-order valence-corrected chi connectivity index (χ2v) is 15.5. The molecule has 23 heteroatoms. The summed E-state index contributed by atoms with van der Waals surface area (Å²) >= 11 is 0. The number of carbonyl (C=O) groups excluding carboxylic acids is 4. The van der Waals surface area contributed by atoms with Crippen molar-refractivity contribution in [3.05, 3.63) is 59.7 Å². The van der Waals surface area contributed by atoms with Crippen LogP contribution in [0.2, 0.25) is 0 Å². The number of aliphatic hydroxyl groups is 4. The molecule has 2 aromatic rings. The normalized spacial score (nSPS) is 25.4. The molecule has 0 bridgehead atoms. The standard InChI is InChI=1S/C41H56F6N6O11/c1-3-5-6-7-8-16-30(56)50-26(11-4-2)36(59)52-31-28(19-54)62-21-27(51-38(60)48-24-14-9-12-22(17-24)40(42,43)44)35(31)64-37-32(34(58)33(57)29(20-55)63-37)53-39(61)49-25-15-10-13-23(18-25)41(45,46)47/h9-10,12-15,17-18,26-29,31-35,37,54-55,57-58H,3-8,11,16,19-21H2,1-2H3,(H,50,56)(H,52,59)(H2,48,51,60)(H2,49,53,61)/t26?,27?,28?,29?,31-,32?,33+,34?,35?,37-/m0/s1. The predicted molar refractivity (Wildman–Crippen MR) is 216 cm³/mol. The first-order valence-electron chi connectivity index (χ1n) is 20.9. The largest absolute Gasteiger partial charge is 0.416 e. The average Bonchev–Trinajstić information content (AvgIpc) is 3.23. The Bertz CT molecular complexity index is 1850. The minimum Gasteiger partial charge on any atom is -0.394 e. The van der Waals surface area contributed by atoms with Gasteiger partial charge in [0, 0.05) is 17.8 Å². The number of hydrogen-bond acceptors (Lipinski definition) is 11. The molecule has 2 aliphatic rings. The van der Waals surface area contributed by atoms with Crippen LogP contribution >= 0.6 is 0 Å². The Hall–Kier alpha value is -4.78. The minimum atomic E-state index is -4.77. The molecular formula is C41H56F6N6O11. The fourth-order valence-electron chi connectivity index (χ4n) is 7.22. The Balaban J connectivity index is 1.67. The molecule has 2 aromatic carbocycles. The Morgan fingerprint density at radius 3 is 1.88 bits per heavy atom. The average molecular weight is 923 g/mol. The highest BCUT2D eigenvalue weighted by atomic mass is 19.4. The Morgan fingerprint density at radius 1 is 0.750 bits per heavy atom. The minimum absolute atomic E-state index is 0.136. The third kappa shape index (κ3) is 14.9. The third-order valence-corrected chi connectivity index (χ3v) is 10.5. The van der Waals surface area contributed by atoms with Gasteiger partial charge in [-0.3, -0.25) is 9.59 Å². The summed E-state index contributed by atoms with van der Waals surface area (Å²) in [7, 11) is 0. The summed E-state index contributed by atoms with van der Waals surface area (Å²) in [4.78, 5) is 53.6. The van der Waals surface area contributed by atoms with Gasteiger partial charge < -0.3 is 66.5 Å². The molecule has 2 fully saturated rings. The molecule has 0 spiro atoms. The molecule has 4 rings (SSSR count). The number of halogens is 6. The molecule has 358 valence electrons. The van der Waals surface area contributed by atoms with Crippen LogP contribution in [0.4, 0.5) is 47.3 Å². The van der Waals surface area contributed by atoms with Crippen LogP contribution in [0, 0.1) is 0 Å². The lowest BCUT2D eigenvalue weighted by atomic mass is 9.93. The van der Waals surface area contributed by atoms with Crippen molar-refractivity contribution in [3.63, 3.8) is 0 Å². The first kappa shape index (κ1) is 51.9. The number of rotatable bonds is 19. The van der Waals surface area contributed by atoms with Crippen LogP contribution in [0.1, 0.15) is 76.3 Å². The van der Waals surface area contributed by atoms with E-state index in [1.54, 1.807) is 6.92 Å². The van der Waals surface area contributed by atoms with Gasteiger partial charge in [-0.1, -0.05) is 58.1 Å². The molecule has 17 nitrogen and oxygen atoms in total. The van der Waals surface area contributed by atoms with E-state index in [0.29, 0.717) is 25.0 Å². The highest BCUT2D eigenvalue weighted by molar-refractivity contribution is 5.90. The maximum absolute atomic E-state index is 14.0. The van der Waals surface area contributed by atoms with E-state index in [2.05, 4.69) is 31.9 Å². The number of carbonyl (C=O) groups is 4. The second-order valence-electron chi connectivity index (χ2n) is 15.5. The molecule has 0 radical (unpaired) electrons. The van der Waals surface area contributed by atoms with Crippen LogP contribution in [-0.4, -0.2) is 125 Å². The summed E-state index contributed by atoms with van der Waals surface area (Å²) in [5, 5.41) is 57.2. The van der Waals surface area contributed by atoms with Crippen LogP contribution in [0.15, 0.2) is 48.5 Å². The number of aliphatic hydroxyl groups excluding tert-OH is 4. The van der Waals surface area contributed by atoms with Crippen molar-refractivity contribution in [2.75, 3.05) is 30.5 Å². The van der Waals surface area contributed by atoms with Crippen molar-refractivity contribution >= 4 is 35.3 Å². The first-order valence-corrected chi connectivity index (χ1v) is 20.9. The second kappa shape index (κ2) is 23.9. The van der Waals surface area contributed by atoms with Gasteiger partial charge in [0.25, 0.3) is 0 Å². The van der Waals surface area contributed by atoms with E-state index in [1.807, 2.05) is 6.92 Å². The zero-order valence-electron chi connectivity index (χ0n) is 35.1. The van der Waals surface area contributed by atoms with E-state index in [9.17, 15) is 65.9 Å². The number of alkyl halides is 6. The van der Waals surface area contributed by atoms with Crippen LogP contribution < -0.4 is 31.9 Å². The van der Waals surface area contributed by atoms with Gasteiger partial charge in [-0.2, -0.15) is 26.3 Å². The van der Waals surface area contributed by atoms with E-state index in [-0.39, 0.29) is 24.2 Å². The van der Waals surface area contributed by atoms with Crippen molar-refractivity contribution in [3.8, 4) is 0 Å². The van der Waals surface area contributed by atoms with Gasteiger partial charge >= 0.3 is 24.4 Å². The molecule has 2 heterocycles. The van der Waals surface area contributed by atoms with E-state index >= 15 is 0 Å². The van der Waals surface area contributed by atoms with Gasteiger partial charge in [0.1, 0.15) is 42.6 Å². The fraction of sp³-hybridized carbons (Fsp3) is 0.610. The smallest absolute Gasteiger partial charge is 0.394 e. The molecule has 0 aromatic heterocycles. The number of unbranched alkanes of at least 4 members (excludes halogenated alkanes) is 4. The van der Waals surface area contributed by atoms with Gasteiger partial charge in [0.2, 0.25) is 11.8 Å². The molecule has 6 amide bonds.